The van der Waals surface area contributed by atoms with Crippen LogP contribution >= 0.6 is 11.3 Å². The third kappa shape index (κ3) is 4.93. The molecule has 0 saturated heterocycles. The Labute approximate surface area is 131 Å². The number of aryl methyl sites for hydroxylation is 1. The van der Waals surface area contributed by atoms with Gasteiger partial charge in [0.1, 0.15) is 0 Å². The number of hydrogen-bond acceptors (Lipinski definition) is 4. The van der Waals surface area contributed by atoms with Crippen LogP contribution in [0.4, 0.5) is 0 Å². The van der Waals surface area contributed by atoms with Gasteiger partial charge in [-0.15, -0.1) is 11.3 Å². The minimum Gasteiger partial charge on any atom is -0.313 e. The van der Waals surface area contributed by atoms with Crippen molar-refractivity contribution in [2.24, 2.45) is 0 Å². The van der Waals surface area contributed by atoms with Crippen molar-refractivity contribution in [3.8, 4) is 0 Å². The highest BCUT2D eigenvalue weighted by atomic mass is 32.1. The van der Waals surface area contributed by atoms with Gasteiger partial charge in [-0.3, -0.25) is 4.68 Å². The van der Waals surface area contributed by atoms with Crippen LogP contribution < -0.4 is 5.32 Å². The lowest BCUT2D eigenvalue weighted by atomic mass is 10.1. The van der Waals surface area contributed by atoms with E-state index in [0.29, 0.717) is 12.1 Å². The molecular formula is C16H26N4S. The average Bonchev–Trinajstić information content (AvgIpc) is 3.05. The molecule has 0 amide bonds. The molecule has 1 atom stereocenters. The van der Waals surface area contributed by atoms with Crippen LogP contribution in [-0.4, -0.2) is 27.4 Å². The lowest BCUT2D eigenvalue weighted by Crippen LogP contribution is -2.34. The van der Waals surface area contributed by atoms with E-state index in [1.54, 1.807) is 11.3 Å². The molecule has 0 aliphatic rings. The first kappa shape index (κ1) is 16.2. The zero-order valence-electron chi connectivity index (χ0n) is 13.5. The van der Waals surface area contributed by atoms with Gasteiger partial charge in [-0.1, -0.05) is 6.92 Å². The van der Waals surface area contributed by atoms with Gasteiger partial charge in [-0.05, 0) is 39.8 Å². The molecule has 2 aromatic heterocycles. The maximum Gasteiger partial charge on any atom is 0.0943 e. The van der Waals surface area contributed by atoms with Crippen LogP contribution in [0.2, 0.25) is 0 Å². The summed E-state index contributed by atoms with van der Waals surface area (Å²) in [6.45, 7) is 9.60. The normalized spacial score (nSPS) is 13.0. The van der Waals surface area contributed by atoms with E-state index in [1.807, 2.05) is 4.68 Å². The quantitative estimate of drug-likeness (QED) is 0.813. The van der Waals surface area contributed by atoms with Gasteiger partial charge in [0, 0.05) is 42.2 Å². The molecule has 0 aliphatic carbocycles. The third-order valence-electron chi connectivity index (χ3n) is 3.42. The number of aromatic nitrogens is 3. The van der Waals surface area contributed by atoms with Crippen molar-refractivity contribution in [2.45, 2.75) is 59.0 Å². The van der Waals surface area contributed by atoms with Gasteiger partial charge in [-0.2, -0.15) is 5.10 Å². The molecule has 0 saturated carbocycles. The summed E-state index contributed by atoms with van der Waals surface area (Å²) in [6, 6.07) is 2.96. The summed E-state index contributed by atoms with van der Waals surface area (Å²) in [5.74, 6) is 0. The molecule has 0 spiro atoms. The molecular weight excluding hydrogens is 280 g/mol. The highest BCUT2D eigenvalue weighted by Gasteiger charge is 2.14. The summed E-state index contributed by atoms with van der Waals surface area (Å²) < 4.78 is 2.03. The van der Waals surface area contributed by atoms with Gasteiger partial charge in [0.15, 0.2) is 0 Å². The van der Waals surface area contributed by atoms with Crippen LogP contribution in [0.3, 0.4) is 0 Å². The topological polar surface area (TPSA) is 42.7 Å². The third-order valence-corrected chi connectivity index (χ3v) is 4.41. The average molecular weight is 306 g/mol. The van der Waals surface area contributed by atoms with Crippen molar-refractivity contribution in [1.82, 2.24) is 20.1 Å². The van der Waals surface area contributed by atoms with Gasteiger partial charge >= 0.3 is 0 Å². The first-order valence-electron chi connectivity index (χ1n) is 7.77. The Kier molecular flexibility index (Phi) is 5.94. The minimum absolute atomic E-state index is 0.408. The molecule has 2 aromatic rings. The standard InChI is InChI=1S/C16H26N4S/c1-5-7-17-15(10-16-18-13(4)11-21-16)9-14-6-8-20(19-14)12(2)3/h6,8,11-12,15,17H,5,7,9-10H2,1-4H3. The maximum absolute atomic E-state index is 4.66. The zero-order valence-corrected chi connectivity index (χ0v) is 14.3. The van der Waals surface area contributed by atoms with Gasteiger partial charge in [-0.25, -0.2) is 4.98 Å². The Hall–Kier alpha value is -1.20. The number of nitrogens with zero attached hydrogens (tertiary/aromatic N) is 3. The van der Waals surface area contributed by atoms with E-state index in [9.17, 15) is 0 Å². The van der Waals surface area contributed by atoms with Crippen molar-refractivity contribution in [3.63, 3.8) is 0 Å². The molecule has 5 heteroatoms. The zero-order chi connectivity index (χ0) is 15.2. The van der Waals surface area contributed by atoms with Crippen molar-refractivity contribution >= 4 is 11.3 Å². The highest BCUT2D eigenvalue weighted by molar-refractivity contribution is 7.09. The second kappa shape index (κ2) is 7.71. The van der Waals surface area contributed by atoms with Crippen LogP contribution in [0, 0.1) is 6.92 Å². The summed E-state index contributed by atoms with van der Waals surface area (Å²) in [5, 5.41) is 11.6. The van der Waals surface area contributed by atoms with Crippen LogP contribution in [0.1, 0.15) is 49.6 Å². The molecule has 2 heterocycles. The molecule has 21 heavy (non-hydrogen) atoms. The molecule has 0 fully saturated rings. The second-order valence-electron chi connectivity index (χ2n) is 5.82. The lowest BCUT2D eigenvalue weighted by Gasteiger charge is -2.16. The Morgan fingerprint density at radius 2 is 2.14 bits per heavy atom. The SMILES string of the molecule is CCCNC(Cc1ccn(C(C)C)n1)Cc1nc(C)cs1. The molecule has 0 aliphatic heterocycles. The van der Waals surface area contributed by atoms with Crippen molar-refractivity contribution in [2.75, 3.05) is 6.54 Å². The van der Waals surface area contributed by atoms with Gasteiger partial charge in [0.05, 0.1) is 10.7 Å². The Morgan fingerprint density at radius 3 is 2.71 bits per heavy atom. The van der Waals surface area contributed by atoms with Crippen LogP contribution in [-0.2, 0) is 12.8 Å². The van der Waals surface area contributed by atoms with E-state index >= 15 is 0 Å². The number of nitrogens with one attached hydrogen (secondary N) is 1. The predicted octanol–water partition coefficient (Wildman–Crippen LogP) is 3.38. The van der Waals surface area contributed by atoms with Crippen LogP contribution in [0.15, 0.2) is 17.6 Å². The largest absolute Gasteiger partial charge is 0.313 e. The van der Waals surface area contributed by atoms with E-state index in [4.69, 9.17) is 0 Å². The fourth-order valence-corrected chi connectivity index (χ4v) is 3.15. The summed E-state index contributed by atoms with van der Waals surface area (Å²) in [7, 11) is 0. The predicted molar refractivity (Wildman–Crippen MR) is 89.0 cm³/mol. The number of rotatable bonds is 8. The van der Waals surface area contributed by atoms with E-state index in [0.717, 1.165) is 37.2 Å². The van der Waals surface area contributed by atoms with E-state index in [1.165, 1.54) is 5.01 Å². The van der Waals surface area contributed by atoms with Crippen LogP contribution in [0.5, 0.6) is 0 Å². The van der Waals surface area contributed by atoms with Gasteiger partial charge in [0.2, 0.25) is 0 Å². The highest BCUT2D eigenvalue weighted by Crippen LogP contribution is 2.14. The summed E-state index contributed by atoms with van der Waals surface area (Å²) in [6.07, 6.45) is 5.16. The number of hydrogen-bond donors (Lipinski definition) is 1. The first-order chi connectivity index (χ1) is 10.1. The molecule has 116 valence electrons. The van der Waals surface area contributed by atoms with Gasteiger partial charge < -0.3 is 5.32 Å². The smallest absolute Gasteiger partial charge is 0.0943 e. The van der Waals surface area contributed by atoms with Crippen molar-refractivity contribution < 1.29 is 0 Å². The first-order valence-corrected chi connectivity index (χ1v) is 8.65. The molecule has 0 bridgehead atoms. The summed E-state index contributed by atoms with van der Waals surface area (Å²) in [4.78, 5) is 4.59. The lowest BCUT2D eigenvalue weighted by molar-refractivity contribution is 0.484. The van der Waals surface area contributed by atoms with Crippen LogP contribution in [0.25, 0.3) is 0 Å². The summed E-state index contributed by atoms with van der Waals surface area (Å²) >= 11 is 1.76. The Balaban J connectivity index is 2.00. The van der Waals surface area contributed by atoms with E-state index in [-0.39, 0.29) is 0 Å². The fraction of sp³-hybridized carbons (Fsp3) is 0.625. The maximum atomic E-state index is 4.66. The minimum atomic E-state index is 0.408. The Bertz CT molecular complexity index is 544. The van der Waals surface area contributed by atoms with Gasteiger partial charge in [0.25, 0.3) is 0 Å². The molecule has 0 radical (unpaired) electrons. The fourth-order valence-electron chi connectivity index (χ4n) is 2.30. The van der Waals surface area contributed by atoms with E-state index < -0.39 is 0 Å². The summed E-state index contributed by atoms with van der Waals surface area (Å²) in [5.41, 5.74) is 2.28. The molecule has 1 unspecified atom stereocenters. The Morgan fingerprint density at radius 1 is 1.33 bits per heavy atom. The molecule has 4 nitrogen and oxygen atoms in total. The second-order valence-corrected chi connectivity index (χ2v) is 6.77. The monoisotopic (exact) mass is 306 g/mol. The molecule has 2 rings (SSSR count). The number of thiazole rings is 1. The van der Waals surface area contributed by atoms with E-state index in [2.05, 4.69) is 60.7 Å². The van der Waals surface area contributed by atoms with Crippen molar-refractivity contribution in [3.05, 3.63) is 34.0 Å². The molecule has 1 N–H and O–H groups in total. The molecule has 0 aromatic carbocycles. The van der Waals surface area contributed by atoms with Crippen molar-refractivity contribution in [1.29, 1.82) is 0 Å².